The van der Waals surface area contributed by atoms with Gasteiger partial charge in [0.25, 0.3) is 0 Å². The van der Waals surface area contributed by atoms with E-state index in [9.17, 15) is 0 Å². The van der Waals surface area contributed by atoms with Gasteiger partial charge in [-0.05, 0) is 54.5 Å². The molecule has 2 N–H and O–H groups in total. The Hall–Kier alpha value is -1.25. The summed E-state index contributed by atoms with van der Waals surface area (Å²) < 4.78 is 2.37. The van der Waals surface area contributed by atoms with Gasteiger partial charge in [-0.1, -0.05) is 37.6 Å². The maximum Gasteiger partial charge on any atom is 0.0554 e. The van der Waals surface area contributed by atoms with Crippen molar-refractivity contribution in [3.8, 4) is 0 Å². The van der Waals surface area contributed by atoms with Gasteiger partial charge in [-0.2, -0.15) is 0 Å². The molecule has 0 fully saturated rings. The molecule has 1 aromatic carbocycles. The van der Waals surface area contributed by atoms with Gasteiger partial charge in [0.05, 0.1) is 6.04 Å². The van der Waals surface area contributed by atoms with Crippen LogP contribution in [0.5, 0.6) is 0 Å². The van der Waals surface area contributed by atoms with Gasteiger partial charge in [-0.15, -0.1) is 0 Å². The first-order valence-corrected chi connectivity index (χ1v) is 7.96. The molecule has 2 aromatic rings. The topological polar surface area (TPSA) is 30.9 Å². The smallest absolute Gasteiger partial charge is 0.0554 e. The van der Waals surface area contributed by atoms with E-state index in [1.807, 2.05) is 12.1 Å². The molecular weight excluding hydrogens is 280 g/mol. The van der Waals surface area contributed by atoms with Crippen molar-refractivity contribution in [1.29, 1.82) is 0 Å². The van der Waals surface area contributed by atoms with E-state index in [-0.39, 0.29) is 11.5 Å². The van der Waals surface area contributed by atoms with Crippen molar-refractivity contribution in [3.63, 3.8) is 0 Å². The van der Waals surface area contributed by atoms with Crippen molar-refractivity contribution in [1.82, 2.24) is 4.57 Å². The predicted molar refractivity (Wildman–Crippen MR) is 88.7 cm³/mol. The number of rotatable bonds is 2. The van der Waals surface area contributed by atoms with Gasteiger partial charge in [0, 0.05) is 23.0 Å². The van der Waals surface area contributed by atoms with E-state index >= 15 is 0 Å². The molecule has 0 amide bonds. The minimum Gasteiger partial charge on any atom is -0.344 e. The third-order valence-electron chi connectivity index (χ3n) is 4.65. The van der Waals surface area contributed by atoms with E-state index in [0.717, 1.165) is 17.9 Å². The Balaban J connectivity index is 1.99. The van der Waals surface area contributed by atoms with Gasteiger partial charge < -0.3 is 10.3 Å². The minimum atomic E-state index is 0.155. The summed E-state index contributed by atoms with van der Waals surface area (Å²) in [5, 5.41) is 0.781. The largest absolute Gasteiger partial charge is 0.344 e. The number of benzene rings is 1. The Kier molecular flexibility index (Phi) is 3.62. The summed E-state index contributed by atoms with van der Waals surface area (Å²) in [6, 6.07) is 10.8. The molecule has 2 atom stereocenters. The molecule has 0 saturated carbocycles. The average molecular weight is 303 g/mol. The highest BCUT2D eigenvalue weighted by Gasteiger charge is 2.33. The van der Waals surface area contributed by atoms with Crippen LogP contribution in [0, 0.1) is 5.41 Å². The van der Waals surface area contributed by atoms with Gasteiger partial charge in [-0.3, -0.25) is 0 Å². The molecule has 3 heteroatoms. The van der Waals surface area contributed by atoms with Crippen LogP contribution in [-0.2, 0) is 6.42 Å². The van der Waals surface area contributed by atoms with Gasteiger partial charge >= 0.3 is 0 Å². The lowest BCUT2D eigenvalue weighted by Crippen LogP contribution is -2.31. The molecule has 0 spiro atoms. The summed E-state index contributed by atoms with van der Waals surface area (Å²) in [6.45, 7) is 6.84. The quantitative estimate of drug-likeness (QED) is 0.854. The lowest BCUT2D eigenvalue weighted by molar-refractivity contribution is 0.274. The van der Waals surface area contributed by atoms with Gasteiger partial charge in [0.2, 0.25) is 0 Å². The second-order valence-corrected chi connectivity index (χ2v) is 7.44. The molecular formula is C18H23ClN2. The zero-order valence-corrected chi connectivity index (χ0v) is 13.7. The molecule has 2 nitrogen and oxygen atoms in total. The molecule has 1 aliphatic rings. The number of fused-ring (bicyclic) bond motifs is 1. The molecule has 0 saturated heterocycles. The zero-order chi connectivity index (χ0) is 15.2. The van der Waals surface area contributed by atoms with Crippen LogP contribution >= 0.6 is 11.6 Å². The highest BCUT2D eigenvalue weighted by Crippen LogP contribution is 2.41. The summed E-state index contributed by atoms with van der Waals surface area (Å²) in [5.41, 5.74) is 10.6. The third-order valence-corrected chi connectivity index (χ3v) is 4.90. The molecule has 0 bridgehead atoms. The number of hydrogen-bond acceptors (Lipinski definition) is 1. The SMILES string of the molecule is CC(c1ccc(Cl)cc1)n1ccc2c1CC(C)(C)CC2N. The second-order valence-electron chi connectivity index (χ2n) is 7.00. The fourth-order valence-corrected chi connectivity index (χ4v) is 3.65. The molecule has 1 aliphatic carbocycles. The highest BCUT2D eigenvalue weighted by molar-refractivity contribution is 6.30. The van der Waals surface area contributed by atoms with E-state index in [4.69, 9.17) is 17.3 Å². The molecule has 0 radical (unpaired) electrons. The first kappa shape index (κ1) is 14.7. The van der Waals surface area contributed by atoms with Crippen LogP contribution in [-0.4, -0.2) is 4.57 Å². The highest BCUT2D eigenvalue weighted by atomic mass is 35.5. The number of aromatic nitrogens is 1. The second kappa shape index (κ2) is 5.19. The summed E-state index contributed by atoms with van der Waals surface area (Å²) in [4.78, 5) is 0. The van der Waals surface area contributed by atoms with E-state index in [1.54, 1.807) is 0 Å². The summed E-state index contributed by atoms with van der Waals surface area (Å²) in [6.07, 6.45) is 4.32. The monoisotopic (exact) mass is 302 g/mol. The summed E-state index contributed by atoms with van der Waals surface area (Å²) in [5.74, 6) is 0. The minimum absolute atomic E-state index is 0.155. The fourth-order valence-electron chi connectivity index (χ4n) is 3.52. The molecule has 3 rings (SSSR count). The molecule has 1 aromatic heterocycles. The summed E-state index contributed by atoms with van der Waals surface area (Å²) >= 11 is 5.99. The van der Waals surface area contributed by atoms with Gasteiger partial charge in [0.15, 0.2) is 0 Å². The zero-order valence-electron chi connectivity index (χ0n) is 12.9. The number of halogens is 1. The number of nitrogens with zero attached hydrogens (tertiary/aromatic N) is 1. The van der Waals surface area contributed by atoms with Crippen molar-refractivity contribution >= 4 is 11.6 Å². The normalized spacial score (nSPS) is 21.9. The van der Waals surface area contributed by atoms with E-state index in [0.29, 0.717) is 6.04 Å². The molecule has 21 heavy (non-hydrogen) atoms. The first-order chi connectivity index (χ1) is 9.87. The van der Waals surface area contributed by atoms with Crippen molar-refractivity contribution in [2.45, 2.75) is 45.7 Å². The molecule has 0 aliphatic heterocycles. The maximum atomic E-state index is 6.36. The van der Waals surface area contributed by atoms with Crippen LogP contribution in [0.25, 0.3) is 0 Å². The Labute approximate surface area is 131 Å². The third kappa shape index (κ3) is 2.75. The van der Waals surface area contributed by atoms with E-state index < -0.39 is 0 Å². The number of hydrogen-bond donors (Lipinski definition) is 1. The van der Waals surface area contributed by atoms with Crippen LogP contribution in [0.2, 0.25) is 5.02 Å². The Bertz CT molecular complexity index is 640. The van der Waals surface area contributed by atoms with Gasteiger partial charge in [-0.25, -0.2) is 0 Å². The fraction of sp³-hybridized carbons (Fsp3) is 0.444. The molecule has 1 heterocycles. The Morgan fingerprint density at radius 1 is 1.24 bits per heavy atom. The summed E-state index contributed by atoms with van der Waals surface area (Å²) in [7, 11) is 0. The van der Waals surface area contributed by atoms with Crippen molar-refractivity contribution in [2.75, 3.05) is 0 Å². The van der Waals surface area contributed by atoms with Crippen molar-refractivity contribution in [3.05, 3.63) is 58.4 Å². The van der Waals surface area contributed by atoms with Crippen LogP contribution in [0.3, 0.4) is 0 Å². The lowest BCUT2D eigenvalue weighted by atomic mass is 9.74. The molecule has 112 valence electrons. The Morgan fingerprint density at radius 2 is 1.90 bits per heavy atom. The van der Waals surface area contributed by atoms with Crippen LogP contribution < -0.4 is 5.73 Å². The van der Waals surface area contributed by atoms with Crippen molar-refractivity contribution in [2.24, 2.45) is 11.1 Å². The van der Waals surface area contributed by atoms with Crippen LogP contribution in [0.1, 0.15) is 56.1 Å². The molecule has 2 unspecified atom stereocenters. The van der Waals surface area contributed by atoms with Crippen LogP contribution in [0.15, 0.2) is 36.5 Å². The predicted octanol–water partition coefficient (Wildman–Crippen LogP) is 4.72. The van der Waals surface area contributed by atoms with E-state index in [2.05, 4.69) is 49.7 Å². The first-order valence-electron chi connectivity index (χ1n) is 7.58. The lowest BCUT2D eigenvalue weighted by Gasteiger charge is -2.35. The average Bonchev–Trinajstić information content (AvgIpc) is 2.81. The van der Waals surface area contributed by atoms with Crippen molar-refractivity contribution < 1.29 is 0 Å². The van der Waals surface area contributed by atoms with Gasteiger partial charge in [0.1, 0.15) is 0 Å². The Morgan fingerprint density at radius 3 is 2.57 bits per heavy atom. The standard InChI is InChI=1S/C18H23ClN2/c1-12(13-4-6-14(19)7-5-13)21-9-8-15-16(20)10-18(2,3)11-17(15)21/h4-9,12,16H,10-11,20H2,1-3H3. The van der Waals surface area contributed by atoms with E-state index in [1.165, 1.54) is 16.8 Å². The maximum absolute atomic E-state index is 6.36. The van der Waals surface area contributed by atoms with Crippen LogP contribution in [0.4, 0.5) is 0 Å². The number of nitrogens with two attached hydrogens (primary N) is 1.